The Morgan fingerprint density at radius 3 is 2.44 bits per heavy atom. The molecule has 0 amide bonds. The molecule has 4 nitrogen and oxygen atoms in total. The van der Waals surface area contributed by atoms with Crippen LogP contribution in [0.1, 0.15) is 44.5 Å². The van der Waals surface area contributed by atoms with Crippen LogP contribution >= 0.6 is 11.6 Å². The van der Waals surface area contributed by atoms with Gasteiger partial charge in [-0.25, -0.2) is 4.98 Å². The number of anilines is 1. The highest BCUT2D eigenvalue weighted by molar-refractivity contribution is 6.30. The van der Waals surface area contributed by atoms with Gasteiger partial charge in [-0.05, 0) is 42.8 Å². The molecular formula is C20H22ClN3O. The van der Waals surface area contributed by atoms with Crippen molar-refractivity contribution in [2.75, 3.05) is 5.73 Å². The number of aromatic nitrogens is 2. The first-order valence-electron chi connectivity index (χ1n) is 8.54. The molecule has 0 saturated heterocycles. The number of halogens is 1. The highest BCUT2D eigenvalue weighted by Gasteiger charge is 2.18. The third-order valence-corrected chi connectivity index (χ3v) is 4.56. The van der Waals surface area contributed by atoms with Crippen LogP contribution in [0, 0.1) is 0 Å². The van der Waals surface area contributed by atoms with Gasteiger partial charge in [-0.1, -0.05) is 38.8 Å². The van der Waals surface area contributed by atoms with Crippen molar-refractivity contribution in [3.05, 3.63) is 63.2 Å². The Labute approximate surface area is 152 Å². The van der Waals surface area contributed by atoms with Crippen LogP contribution in [0.2, 0.25) is 5.02 Å². The monoisotopic (exact) mass is 355 g/mol. The molecule has 0 spiro atoms. The zero-order chi connectivity index (χ0) is 18.1. The van der Waals surface area contributed by atoms with E-state index < -0.39 is 0 Å². The third-order valence-electron chi connectivity index (χ3n) is 4.31. The standard InChI is InChI=1S/C20H22ClN3O/c1-4-5-15-17(22)11-10-16-18(15)23-19(12(2)3)24(20(16)25)14-8-6-13(21)7-9-14/h6-12H,4-5,22H2,1-3H3. The zero-order valence-corrected chi connectivity index (χ0v) is 15.5. The molecule has 25 heavy (non-hydrogen) atoms. The summed E-state index contributed by atoms with van der Waals surface area (Å²) in [4.78, 5) is 18.1. The maximum atomic E-state index is 13.3. The lowest BCUT2D eigenvalue weighted by molar-refractivity contribution is 0.722. The maximum Gasteiger partial charge on any atom is 0.265 e. The van der Waals surface area contributed by atoms with Crippen LogP contribution in [-0.2, 0) is 6.42 Å². The summed E-state index contributed by atoms with van der Waals surface area (Å²) >= 11 is 5.99. The van der Waals surface area contributed by atoms with E-state index in [2.05, 4.69) is 6.92 Å². The molecule has 1 heterocycles. The van der Waals surface area contributed by atoms with Gasteiger partial charge in [0.1, 0.15) is 5.82 Å². The van der Waals surface area contributed by atoms with Crippen molar-refractivity contribution in [3.8, 4) is 5.69 Å². The van der Waals surface area contributed by atoms with Crippen molar-refractivity contribution in [2.24, 2.45) is 0 Å². The smallest absolute Gasteiger partial charge is 0.265 e. The predicted octanol–water partition coefficient (Wildman–Crippen LogP) is 4.70. The van der Waals surface area contributed by atoms with Crippen molar-refractivity contribution >= 4 is 28.2 Å². The van der Waals surface area contributed by atoms with Crippen LogP contribution in [0.15, 0.2) is 41.2 Å². The van der Waals surface area contributed by atoms with E-state index in [4.69, 9.17) is 22.3 Å². The number of nitrogens with two attached hydrogens (primary N) is 1. The van der Waals surface area contributed by atoms with E-state index >= 15 is 0 Å². The van der Waals surface area contributed by atoms with Gasteiger partial charge in [-0.15, -0.1) is 0 Å². The van der Waals surface area contributed by atoms with E-state index in [0.29, 0.717) is 16.1 Å². The lowest BCUT2D eigenvalue weighted by Gasteiger charge is -2.18. The lowest BCUT2D eigenvalue weighted by Crippen LogP contribution is -2.25. The lowest BCUT2D eigenvalue weighted by atomic mass is 10.0. The molecular weight excluding hydrogens is 334 g/mol. The Morgan fingerprint density at radius 2 is 1.84 bits per heavy atom. The highest BCUT2D eigenvalue weighted by Crippen LogP contribution is 2.26. The topological polar surface area (TPSA) is 60.9 Å². The first-order chi connectivity index (χ1) is 11.9. The van der Waals surface area contributed by atoms with E-state index in [1.54, 1.807) is 28.8 Å². The molecule has 0 radical (unpaired) electrons. The number of fused-ring (bicyclic) bond motifs is 1. The fraction of sp³-hybridized carbons (Fsp3) is 0.300. The van der Waals surface area contributed by atoms with Crippen LogP contribution < -0.4 is 11.3 Å². The van der Waals surface area contributed by atoms with Gasteiger partial charge in [0, 0.05) is 22.2 Å². The molecule has 0 atom stereocenters. The number of nitrogens with zero attached hydrogens (tertiary/aromatic N) is 2. The Hall–Kier alpha value is -2.33. The molecule has 0 saturated carbocycles. The Balaban J connectivity index is 2.40. The number of benzene rings is 2. The van der Waals surface area contributed by atoms with E-state index in [-0.39, 0.29) is 11.5 Å². The SMILES string of the molecule is CCCc1c(N)ccc2c(=O)n(-c3ccc(Cl)cc3)c(C(C)C)nc12. The van der Waals surface area contributed by atoms with Crippen molar-refractivity contribution in [1.29, 1.82) is 0 Å². The van der Waals surface area contributed by atoms with Gasteiger partial charge < -0.3 is 5.73 Å². The summed E-state index contributed by atoms with van der Waals surface area (Å²) in [6, 6.07) is 10.8. The molecule has 2 aromatic carbocycles. The molecule has 0 aliphatic rings. The molecule has 3 aromatic rings. The molecule has 1 aromatic heterocycles. The summed E-state index contributed by atoms with van der Waals surface area (Å²) in [6.07, 6.45) is 1.75. The molecule has 2 N–H and O–H groups in total. The van der Waals surface area contributed by atoms with E-state index in [0.717, 1.165) is 35.4 Å². The van der Waals surface area contributed by atoms with Crippen molar-refractivity contribution in [1.82, 2.24) is 9.55 Å². The average Bonchev–Trinajstić information content (AvgIpc) is 2.58. The molecule has 0 aliphatic carbocycles. The quantitative estimate of drug-likeness (QED) is 0.690. The minimum atomic E-state index is -0.0756. The molecule has 0 unspecified atom stereocenters. The third kappa shape index (κ3) is 3.14. The first-order valence-corrected chi connectivity index (χ1v) is 8.91. The van der Waals surface area contributed by atoms with E-state index in [9.17, 15) is 4.79 Å². The Morgan fingerprint density at radius 1 is 1.16 bits per heavy atom. The zero-order valence-electron chi connectivity index (χ0n) is 14.7. The fourth-order valence-corrected chi connectivity index (χ4v) is 3.21. The first kappa shape index (κ1) is 17.5. The number of rotatable bonds is 4. The van der Waals surface area contributed by atoms with Gasteiger partial charge >= 0.3 is 0 Å². The molecule has 130 valence electrons. The van der Waals surface area contributed by atoms with Gasteiger partial charge in [0.25, 0.3) is 5.56 Å². The summed E-state index contributed by atoms with van der Waals surface area (Å²) < 4.78 is 1.68. The minimum absolute atomic E-state index is 0.0756. The summed E-state index contributed by atoms with van der Waals surface area (Å²) in [5, 5.41) is 1.23. The van der Waals surface area contributed by atoms with Gasteiger partial charge in [-0.2, -0.15) is 0 Å². The summed E-state index contributed by atoms with van der Waals surface area (Å²) in [6.45, 7) is 6.16. The molecule has 5 heteroatoms. The molecule has 0 bridgehead atoms. The van der Waals surface area contributed by atoms with Crippen LogP contribution in [0.25, 0.3) is 16.6 Å². The van der Waals surface area contributed by atoms with Gasteiger partial charge in [0.2, 0.25) is 0 Å². The Bertz CT molecular complexity index is 975. The minimum Gasteiger partial charge on any atom is -0.398 e. The number of nitrogen functional groups attached to an aromatic ring is 1. The van der Waals surface area contributed by atoms with Crippen molar-refractivity contribution < 1.29 is 0 Å². The van der Waals surface area contributed by atoms with Crippen LogP contribution in [0.5, 0.6) is 0 Å². The van der Waals surface area contributed by atoms with Crippen molar-refractivity contribution in [2.45, 2.75) is 39.5 Å². The Kier molecular flexibility index (Phi) is 4.82. The summed E-state index contributed by atoms with van der Waals surface area (Å²) in [5.74, 6) is 0.812. The number of hydrogen-bond donors (Lipinski definition) is 1. The summed E-state index contributed by atoms with van der Waals surface area (Å²) in [5.41, 5.74) is 9.22. The number of hydrogen-bond acceptors (Lipinski definition) is 3. The van der Waals surface area contributed by atoms with Gasteiger partial charge in [0.15, 0.2) is 0 Å². The predicted molar refractivity (Wildman–Crippen MR) is 105 cm³/mol. The van der Waals surface area contributed by atoms with Gasteiger partial charge in [-0.3, -0.25) is 9.36 Å². The van der Waals surface area contributed by atoms with Gasteiger partial charge in [0.05, 0.1) is 16.6 Å². The van der Waals surface area contributed by atoms with Crippen LogP contribution in [0.3, 0.4) is 0 Å². The second-order valence-electron chi connectivity index (χ2n) is 6.52. The van der Waals surface area contributed by atoms with Crippen LogP contribution in [-0.4, -0.2) is 9.55 Å². The maximum absolute atomic E-state index is 13.3. The van der Waals surface area contributed by atoms with Crippen molar-refractivity contribution in [3.63, 3.8) is 0 Å². The second-order valence-corrected chi connectivity index (χ2v) is 6.96. The second kappa shape index (κ2) is 6.89. The summed E-state index contributed by atoms with van der Waals surface area (Å²) in [7, 11) is 0. The average molecular weight is 356 g/mol. The fourth-order valence-electron chi connectivity index (χ4n) is 3.08. The van der Waals surface area contributed by atoms with E-state index in [1.165, 1.54) is 0 Å². The highest BCUT2D eigenvalue weighted by atomic mass is 35.5. The largest absolute Gasteiger partial charge is 0.398 e. The van der Waals surface area contributed by atoms with Crippen LogP contribution in [0.4, 0.5) is 5.69 Å². The molecule has 0 fully saturated rings. The molecule has 0 aliphatic heterocycles. The van der Waals surface area contributed by atoms with E-state index in [1.807, 2.05) is 26.0 Å². The molecule has 3 rings (SSSR count). The number of aryl methyl sites for hydroxylation is 1. The normalized spacial score (nSPS) is 11.4.